The normalized spacial score (nSPS) is 16.5. The minimum absolute atomic E-state index is 0.0875. The largest absolute Gasteiger partial charge is 0.455 e. The van der Waals surface area contributed by atoms with Gasteiger partial charge >= 0.3 is 5.97 Å². The zero-order chi connectivity index (χ0) is 19.5. The second kappa shape index (κ2) is 8.02. The lowest BCUT2D eigenvalue weighted by Crippen LogP contribution is -2.34. The lowest BCUT2D eigenvalue weighted by atomic mass is 10.2. The first kappa shape index (κ1) is 18.5. The molecule has 0 bridgehead atoms. The number of esters is 1. The molecule has 1 fully saturated rings. The van der Waals surface area contributed by atoms with E-state index < -0.39 is 11.3 Å². The maximum atomic E-state index is 14.1. The second-order valence-electron chi connectivity index (χ2n) is 6.29. The first-order valence-corrected chi connectivity index (χ1v) is 9.83. The number of aromatic nitrogens is 1. The number of para-hydroxylation sites is 1. The molecule has 0 spiro atoms. The van der Waals surface area contributed by atoms with Gasteiger partial charge in [0, 0.05) is 23.2 Å². The van der Waals surface area contributed by atoms with Crippen molar-refractivity contribution < 1.29 is 23.2 Å². The average molecular weight is 400 g/mol. The predicted molar refractivity (Wildman–Crippen MR) is 102 cm³/mol. The fourth-order valence-electron chi connectivity index (χ4n) is 3.14. The summed E-state index contributed by atoms with van der Waals surface area (Å²) in [7, 11) is 0. The summed E-state index contributed by atoms with van der Waals surface area (Å²) < 4.78 is 24.4. The lowest BCUT2D eigenvalue weighted by molar-refractivity contribution is -0.151. The van der Waals surface area contributed by atoms with E-state index in [1.54, 1.807) is 35.2 Å². The van der Waals surface area contributed by atoms with Crippen LogP contribution in [0, 0.1) is 5.82 Å². The van der Waals surface area contributed by atoms with Gasteiger partial charge in [-0.15, -0.1) is 11.8 Å². The molecule has 0 saturated carbocycles. The van der Waals surface area contributed by atoms with Crippen molar-refractivity contribution in [1.29, 1.82) is 0 Å². The van der Waals surface area contributed by atoms with Crippen molar-refractivity contribution in [2.45, 2.75) is 11.8 Å². The van der Waals surface area contributed by atoms with Crippen LogP contribution in [0.2, 0.25) is 0 Å². The molecule has 1 aliphatic rings. The molecule has 1 aliphatic heterocycles. The van der Waals surface area contributed by atoms with E-state index in [9.17, 15) is 14.0 Å². The number of rotatable bonds is 5. The number of hydrogen-bond acceptors (Lipinski definition) is 6. The first-order chi connectivity index (χ1) is 13.6. The minimum atomic E-state index is -0.568. The molecule has 0 radical (unpaired) electrons. The summed E-state index contributed by atoms with van der Waals surface area (Å²) in [5.41, 5.74) is 1.51. The molecule has 1 saturated heterocycles. The van der Waals surface area contributed by atoms with E-state index in [0.29, 0.717) is 29.1 Å². The molecule has 3 aromatic rings. The molecule has 0 aliphatic carbocycles. The molecule has 6 nitrogen and oxygen atoms in total. The Morgan fingerprint density at radius 2 is 2.00 bits per heavy atom. The van der Waals surface area contributed by atoms with E-state index in [4.69, 9.17) is 9.26 Å². The van der Waals surface area contributed by atoms with Gasteiger partial charge < -0.3 is 14.2 Å². The molecule has 28 heavy (non-hydrogen) atoms. The highest BCUT2D eigenvalue weighted by atomic mass is 32.2. The molecule has 2 aromatic carbocycles. The summed E-state index contributed by atoms with van der Waals surface area (Å²) in [5, 5.41) is 4.21. The summed E-state index contributed by atoms with van der Waals surface area (Å²) in [6.45, 7) is 0.0914. The van der Waals surface area contributed by atoms with E-state index in [1.807, 2.05) is 12.1 Å². The number of thioether (sulfide) groups is 1. The highest BCUT2D eigenvalue weighted by Gasteiger charge is 2.32. The number of hydrogen-bond donors (Lipinski definition) is 0. The third-order valence-electron chi connectivity index (χ3n) is 4.50. The van der Waals surface area contributed by atoms with Crippen LogP contribution in [0.1, 0.15) is 16.6 Å². The van der Waals surface area contributed by atoms with Crippen molar-refractivity contribution in [3.05, 3.63) is 65.6 Å². The Kier molecular flexibility index (Phi) is 5.29. The van der Waals surface area contributed by atoms with Crippen LogP contribution in [0.3, 0.4) is 0 Å². The van der Waals surface area contributed by atoms with Gasteiger partial charge in [0.15, 0.2) is 12.2 Å². The van der Waals surface area contributed by atoms with Gasteiger partial charge in [-0.2, -0.15) is 0 Å². The van der Waals surface area contributed by atoms with Crippen molar-refractivity contribution in [1.82, 2.24) is 10.1 Å². The number of carbonyl (C=O) groups is 2. The van der Waals surface area contributed by atoms with Crippen molar-refractivity contribution in [3.63, 3.8) is 0 Å². The van der Waals surface area contributed by atoms with Gasteiger partial charge in [0.25, 0.3) is 5.91 Å². The maximum absolute atomic E-state index is 14.1. The molecule has 2 heterocycles. The molecular weight excluding hydrogens is 383 g/mol. The van der Waals surface area contributed by atoms with E-state index >= 15 is 0 Å². The molecule has 144 valence electrons. The number of halogens is 1. The van der Waals surface area contributed by atoms with Crippen LogP contribution in [-0.4, -0.2) is 40.8 Å². The lowest BCUT2D eigenvalue weighted by Gasteiger charge is -2.24. The molecule has 1 aromatic heterocycles. The van der Waals surface area contributed by atoms with Crippen LogP contribution >= 0.6 is 11.8 Å². The third kappa shape index (κ3) is 3.73. The quantitative estimate of drug-likeness (QED) is 0.612. The summed E-state index contributed by atoms with van der Waals surface area (Å²) in [6, 6.07) is 13.6. The number of ether oxygens (including phenoxy) is 1. The summed E-state index contributed by atoms with van der Waals surface area (Å²) in [4.78, 5) is 26.2. The van der Waals surface area contributed by atoms with Crippen molar-refractivity contribution >= 4 is 34.6 Å². The zero-order valence-electron chi connectivity index (χ0n) is 14.8. The van der Waals surface area contributed by atoms with E-state index in [0.717, 1.165) is 5.39 Å². The third-order valence-corrected chi connectivity index (χ3v) is 5.75. The Balaban J connectivity index is 1.37. The van der Waals surface area contributed by atoms with E-state index in [-0.39, 0.29) is 24.8 Å². The summed E-state index contributed by atoms with van der Waals surface area (Å²) in [5.74, 6) is -0.572. The van der Waals surface area contributed by atoms with Gasteiger partial charge in [-0.3, -0.25) is 9.59 Å². The molecule has 8 heteroatoms. The van der Waals surface area contributed by atoms with Crippen LogP contribution in [-0.2, 0) is 20.7 Å². The van der Waals surface area contributed by atoms with Crippen molar-refractivity contribution in [3.8, 4) is 0 Å². The van der Waals surface area contributed by atoms with Gasteiger partial charge in [0.2, 0.25) is 0 Å². The number of benzene rings is 2. The summed E-state index contributed by atoms with van der Waals surface area (Å²) >= 11 is 1.49. The molecule has 4 rings (SSSR count). The Bertz CT molecular complexity index is 1020. The van der Waals surface area contributed by atoms with Gasteiger partial charge in [0.1, 0.15) is 16.9 Å². The second-order valence-corrected chi connectivity index (χ2v) is 7.48. The van der Waals surface area contributed by atoms with Crippen LogP contribution in [0.5, 0.6) is 0 Å². The monoisotopic (exact) mass is 400 g/mol. The molecule has 1 amide bonds. The highest BCUT2D eigenvalue weighted by molar-refractivity contribution is 7.99. The molecule has 0 N–H and O–H groups in total. The topological polar surface area (TPSA) is 72.6 Å². The summed E-state index contributed by atoms with van der Waals surface area (Å²) in [6.07, 6.45) is -0.0875. The predicted octanol–water partition coefficient (Wildman–Crippen LogP) is 3.33. The van der Waals surface area contributed by atoms with Crippen molar-refractivity contribution in [2.24, 2.45) is 0 Å². The minimum Gasteiger partial charge on any atom is -0.455 e. The van der Waals surface area contributed by atoms with E-state index in [1.165, 1.54) is 17.8 Å². The fourth-order valence-corrected chi connectivity index (χ4v) is 4.44. The Hall–Kier alpha value is -2.87. The van der Waals surface area contributed by atoms with Gasteiger partial charge in [-0.1, -0.05) is 35.5 Å². The Morgan fingerprint density at radius 1 is 1.21 bits per heavy atom. The number of fused-ring (bicyclic) bond motifs is 1. The van der Waals surface area contributed by atoms with Crippen LogP contribution < -0.4 is 0 Å². The van der Waals surface area contributed by atoms with Gasteiger partial charge in [-0.05, 0) is 18.2 Å². The van der Waals surface area contributed by atoms with Crippen molar-refractivity contribution in [2.75, 3.05) is 18.9 Å². The SMILES string of the molecule is O=C(Cc1noc2ccccc12)OCC(=O)N1CCS[C@@H]1c1ccccc1F. The van der Waals surface area contributed by atoms with Gasteiger partial charge in [-0.25, -0.2) is 4.39 Å². The maximum Gasteiger partial charge on any atom is 0.312 e. The molecular formula is C20H17FN2O4S. The van der Waals surface area contributed by atoms with Gasteiger partial charge in [0.05, 0.1) is 6.42 Å². The molecule has 0 unspecified atom stereocenters. The zero-order valence-corrected chi connectivity index (χ0v) is 15.7. The Morgan fingerprint density at radius 3 is 2.86 bits per heavy atom. The first-order valence-electron chi connectivity index (χ1n) is 8.78. The van der Waals surface area contributed by atoms with Crippen LogP contribution in [0.15, 0.2) is 53.1 Å². The molecule has 1 atom stereocenters. The average Bonchev–Trinajstić information content (AvgIpc) is 3.34. The highest BCUT2D eigenvalue weighted by Crippen LogP contribution is 2.38. The number of carbonyl (C=O) groups excluding carboxylic acids is 2. The standard InChI is InChI=1S/C20H17FN2O4S/c21-15-7-3-1-5-13(15)20-23(9-10-28-20)18(24)12-26-19(25)11-16-14-6-2-4-8-17(14)27-22-16/h1-8,20H,9-12H2/t20-/m1/s1. The fraction of sp³-hybridized carbons (Fsp3) is 0.250. The van der Waals surface area contributed by atoms with E-state index in [2.05, 4.69) is 5.16 Å². The number of amides is 1. The smallest absolute Gasteiger partial charge is 0.312 e. The van der Waals surface area contributed by atoms with Crippen LogP contribution in [0.4, 0.5) is 4.39 Å². The Labute approximate surface area is 164 Å². The number of nitrogens with zero attached hydrogens (tertiary/aromatic N) is 2. The van der Waals surface area contributed by atoms with Crippen LogP contribution in [0.25, 0.3) is 11.0 Å².